The number of rotatable bonds is 0. The number of benzene rings is 4. The molecule has 0 spiro atoms. The second kappa shape index (κ2) is 27.7. The largest absolute Gasteiger partial charge is 0.374 e. The summed E-state index contributed by atoms with van der Waals surface area (Å²) in [7, 11) is 4.20. The summed E-state index contributed by atoms with van der Waals surface area (Å²) in [6.45, 7) is 18.2. The normalized spacial score (nSPS) is 11.9. The van der Waals surface area contributed by atoms with Gasteiger partial charge in [0.15, 0.2) is 0 Å². The van der Waals surface area contributed by atoms with E-state index in [4.69, 9.17) is 0 Å². The predicted molar refractivity (Wildman–Crippen MR) is 228 cm³/mol. The van der Waals surface area contributed by atoms with Crippen LogP contribution in [0.4, 0.5) is 5.69 Å². The van der Waals surface area contributed by atoms with Crippen LogP contribution in [0.25, 0.3) is 17.0 Å². The van der Waals surface area contributed by atoms with Crippen LogP contribution in [0.15, 0.2) is 115 Å². The Labute approximate surface area is 308 Å². The number of fused-ring (bicyclic) bond motifs is 4. The van der Waals surface area contributed by atoms with Gasteiger partial charge in [0.25, 0.3) is 0 Å². The lowest BCUT2D eigenvalue weighted by Crippen LogP contribution is -2.12. The van der Waals surface area contributed by atoms with E-state index >= 15 is 0 Å². The summed E-state index contributed by atoms with van der Waals surface area (Å²) in [5.41, 5.74) is 10.2. The summed E-state index contributed by atoms with van der Waals surface area (Å²) in [5, 5.41) is 1.31. The van der Waals surface area contributed by atoms with Gasteiger partial charge in [-0.15, -0.1) is 0 Å². The van der Waals surface area contributed by atoms with Gasteiger partial charge in [-0.05, 0) is 83.5 Å². The first kappa shape index (κ1) is 44.0. The lowest BCUT2D eigenvalue weighted by Gasteiger charge is -2.10. The van der Waals surface area contributed by atoms with Crippen LogP contribution in [0.1, 0.15) is 115 Å². The molecule has 0 atom stereocenters. The van der Waals surface area contributed by atoms with Crippen molar-refractivity contribution in [1.29, 1.82) is 0 Å². The first-order valence-corrected chi connectivity index (χ1v) is 19.4. The molecule has 0 saturated carbocycles. The number of anilines is 1. The summed E-state index contributed by atoms with van der Waals surface area (Å²) in [6, 6.07) is 36.3. The summed E-state index contributed by atoms with van der Waals surface area (Å²) in [5.74, 6) is 0. The molecule has 8 rings (SSSR count). The van der Waals surface area contributed by atoms with Gasteiger partial charge in [0.2, 0.25) is 0 Å². The molecule has 2 heterocycles. The topological polar surface area (TPSA) is 8.17 Å². The molecule has 50 heavy (non-hydrogen) atoms. The first-order chi connectivity index (χ1) is 24.3. The van der Waals surface area contributed by atoms with Gasteiger partial charge < -0.3 is 9.47 Å². The third-order valence-corrected chi connectivity index (χ3v) is 7.61. The fourth-order valence-corrected chi connectivity index (χ4v) is 5.44. The Morgan fingerprint density at radius 2 is 0.980 bits per heavy atom. The van der Waals surface area contributed by atoms with Gasteiger partial charge in [0, 0.05) is 38.0 Å². The van der Waals surface area contributed by atoms with Crippen molar-refractivity contribution in [1.82, 2.24) is 4.57 Å². The van der Waals surface area contributed by atoms with Crippen molar-refractivity contribution >= 4 is 22.7 Å². The average Bonchev–Trinajstić information content (AvgIpc) is 3.95. The highest BCUT2D eigenvalue weighted by molar-refractivity contribution is 5.79. The zero-order chi connectivity index (χ0) is 37.0. The van der Waals surface area contributed by atoms with Crippen LogP contribution in [-0.2, 0) is 32.7 Å². The number of aryl methyl sites for hydroxylation is 3. The van der Waals surface area contributed by atoms with E-state index in [0.717, 1.165) is 6.42 Å². The molecule has 0 unspecified atom stereocenters. The molecule has 1 aliphatic heterocycles. The Balaban J connectivity index is 0.000000302. The van der Waals surface area contributed by atoms with Gasteiger partial charge in [-0.25, -0.2) is 0 Å². The van der Waals surface area contributed by atoms with Crippen molar-refractivity contribution in [2.45, 2.75) is 113 Å². The maximum Gasteiger partial charge on any atom is 0.0477 e. The monoisotopic (exact) mass is 675 g/mol. The number of aromatic nitrogens is 1. The van der Waals surface area contributed by atoms with Crippen LogP contribution < -0.4 is 4.90 Å². The van der Waals surface area contributed by atoms with Gasteiger partial charge in [-0.3, -0.25) is 0 Å². The van der Waals surface area contributed by atoms with Gasteiger partial charge in [0.1, 0.15) is 0 Å². The van der Waals surface area contributed by atoms with Crippen LogP contribution in [0.3, 0.4) is 0 Å². The van der Waals surface area contributed by atoms with Crippen molar-refractivity contribution in [2.75, 3.05) is 18.5 Å². The maximum absolute atomic E-state index is 2.30. The lowest BCUT2D eigenvalue weighted by atomic mass is 10.1. The molecule has 1 aromatic heterocycles. The Kier molecular flexibility index (Phi) is 24.4. The zero-order valence-electron chi connectivity index (χ0n) is 33.5. The quantitative estimate of drug-likeness (QED) is 0.159. The van der Waals surface area contributed by atoms with Crippen molar-refractivity contribution in [3.8, 4) is 0 Å². The Hall–Kier alpha value is -4.04. The molecule has 0 amide bonds. The van der Waals surface area contributed by atoms with Crippen LogP contribution in [0, 0.1) is 0 Å². The minimum Gasteiger partial charge on any atom is -0.374 e. The number of para-hydroxylation sites is 2. The minimum absolute atomic E-state index is 1.12. The molecule has 3 aliphatic rings. The van der Waals surface area contributed by atoms with E-state index < -0.39 is 0 Å². The van der Waals surface area contributed by atoms with E-state index in [1.54, 1.807) is 11.1 Å². The van der Waals surface area contributed by atoms with Crippen molar-refractivity contribution < 1.29 is 0 Å². The van der Waals surface area contributed by atoms with E-state index in [0.29, 0.717) is 0 Å². The van der Waals surface area contributed by atoms with E-state index in [1.165, 1.54) is 91.2 Å². The van der Waals surface area contributed by atoms with Crippen molar-refractivity contribution in [2.24, 2.45) is 7.05 Å². The Morgan fingerprint density at radius 1 is 0.500 bits per heavy atom. The Bertz CT molecular complexity index is 1530. The summed E-state index contributed by atoms with van der Waals surface area (Å²) in [6.07, 6.45) is 17.7. The molecule has 0 radical (unpaired) electrons. The smallest absolute Gasteiger partial charge is 0.0477 e. The van der Waals surface area contributed by atoms with Crippen molar-refractivity contribution in [3.63, 3.8) is 0 Å². The van der Waals surface area contributed by atoms with E-state index in [2.05, 4.69) is 200 Å². The zero-order valence-corrected chi connectivity index (χ0v) is 33.5. The van der Waals surface area contributed by atoms with E-state index in [-0.39, 0.29) is 0 Å². The molecule has 4 aromatic carbocycles. The first-order valence-electron chi connectivity index (χ1n) is 19.4. The van der Waals surface area contributed by atoms with Crippen molar-refractivity contribution in [3.05, 3.63) is 143 Å². The highest BCUT2D eigenvalue weighted by Gasteiger charge is 2.13. The maximum atomic E-state index is 2.30. The van der Waals surface area contributed by atoms with Gasteiger partial charge >= 0.3 is 0 Å². The average molecular weight is 675 g/mol. The highest BCUT2D eigenvalue weighted by atomic mass is 15.1. The summed E-state index contributed by atoms with van der Waals surface area (Å²) < 4.78 is 2.12. The highest BCUT2D eigenvalue weighted by Crippen LogP contribution is 2.25. The third-order valence-electron chi connectivity index (χ3n) is 7.61. The Morgan fingerprint density at radius 3 is 1.52 bits per heavy atom. The molecule has 2 nitrogen and oxygen atoms in total. The molecule has 0 bridgehead atoms. The summed E-state index contributed by atoms with van der Waals surface area (Å²) >= 11 is 0. The molecule has 2 aliphatic carbocycles. The number of hydrogen-bond donors (Lipinski definition) is 0. The van der Waals surface area contributed by atoms with Crippen LogP contribution in [0.5, 0.6) is 0 Å². The third kappa shape index (κ3) is 16.6. The van der Waals surface area contributed by atoms with Gasteiger partial charge in [0.05, 0.1) is 0 Å². The standard InChI is InChI=1S/C9H11N.C9H9N.C9H10.C9H8.4C3H8/c2*1-10-7-6-8-4-2-3-5-9(8)10;2*1-2-5-9-7-3-6-8(9)4-1;4*1-3-2/h2-5H,6-7H2,1H3;2-7H,1H3;1-2,4-5H,3,6-7H2;1-6H,7H2;4*3H2,1-2H3. The molecular formula is C48H70N2. The van der Waals surface area contributed by atoms with Gasteiger partial charge in [-0.2, -0.15) is 0 Å². The molecule has 272 valence electrons. The summed E-state index contributed by atoms with van der Waals surface area (Å²) in [4.78, 5) is 2.30. The fraction of sp³-hybridized carbons (Fsp3) is 0.417. The SMILES string of the molecule is C1=Cc2ccccc2C1.CCC.CCC.CCC.CCC.CN1CCc2ccccc21.Cn1ccc2ccccc21.c1ccc2c(c1)CCC2. The van der Waals surface area contributed by atoms with Crippen LogP contribution in [0.2, 0.25) is 0 Å². The van der Waals surface area contributed by atoms with Crippen LogP contribution in [-0.4, -0.2) is 18.2 Å². The number of nitrogens with zero attached hydrogens (tertiary/aromatic N) is 2. The number of allylic oxidation sites excluding steroid dienone is 1. The second-order valence-electron chi connectivity index (χ2n) is 13.0. The predicted octanol–water partition coefficient (Wildman–Crippen LogP) is 14.0. The van der Waals surface area contributed by atoms with E-state index in [9.17, 15) is 0 Å². The molecular weight excluding hydrogens is 605 g/mol. The second-order valence-corrected chi connectivity index (χ2v) is 13.0. The molecule has 0 N–H and O–H groups in total. The molecule has 0 fully saturated rings. The van der Waals surface area contributed by atoms with E-state index in [1.807, 2.05) is 0 Å². The number of likely N-dealkylation sites (N-methyl/N-ethyl adjacent to an activating group) is 1. The van der Waals surface area contributed by atoms with Crippen LogP contribution >= 0.6 is 0 Å². The molecule has 5 aromatic rings. The lowest BCUT2D eigenvalue weighted by molar-refractivity contribution is 0.912. The fourth-order valence-electron chi connectivity index (χ4n) is 5.44. The minimum atomic E-state index is 1.12. The molecule has 2 heteroatoms. The molecule has 0 saturated heterocycles. The number of hydrogen-bond acceptors (Lipinski definition) is 1. The van der Waals surface area contributed by atoms with Gasteiger partial charge in [-0.1, -0.05) is 178 Å².